The van der Waals surface area contributed by atoms with E-state index in [9.17, 15) is 53.8 Å². The predicted octanol–water partition coefficient (Wildman–Crippen LogP) is 4.00. The van der Waals surface area contributed by atoms with Crippen LogP contribution in [0.15, 0.2) is 59.9 Å². The SMILES string of the molecule is C[C@@H](n1nnn(-c2ccc(OCC(F)(F)C(F)(F)C(F)(F)C(F)F)cc2)c1=O)[C@](O)(Cn1cncn1)c1ccc(F)cc1F. The van der Waals surface area contributed by atoms with Crippen molar-refractivity contribution in [1.29, 1.82) is 0 Å². The van der Waals surface area contributed by atoms with E-state index < -0.39 is 77.6 Å². The average Bonchev–Trinajstić information content (AvgIpc) is 3.60. The average molecular weight is 643 g/mol. The van der Waals surface area contributed by atoms with Gasteiger partial charge in [-0.2, -0.15) is 40.8 Å². The van der Waals surface area contributed by atoms with Gasteiger partial charge in [0, 0.05) is 11.6 Å². The predicted molar refractivity (Wildman–Crippen MR) is 127 cm³/mol. The molecule has 0 fully saturated rings. The second-order valence-electron chi connectivity index (χ2n) is 9.42. The second kappa shape index (κ2) is 11.5. The van der Waals surface area contributed by atoms with Crippen LogP contribution in [0, 0.1) is 11.6 Å². The lowest BCUT2D eigenvalue weighted by Gasteiger charge is -2.33. The highest BCUT2D eigenvalue weighted by Crippen LogP contribution is 2.48. The molecule has 0 aliphatic carbocycles. The number of tetrazole rings is 1. The number of alkyl halides is 8. The summed E-state index contributed by atoms with van der Waals surface area (Å²) in [7, 11) is 0. The summed E-state index contributed by atoms with van der Waals surface area (Å²) in [5, 5.41) is 22.8. The molecule has 0 bridgehead atoms. The molecule has 2 heterocycles. The fraction of sp³-hybridized carbons (Fsp3) is 0.375. The fourth-order valence-corrected chi connectivity index (χ4v) is 4.04. The van der Waals surface area contributed by atoms with E-state index >= 15 is 0 Å². The van der Waals surface area contributed by atoms with E-state index in [1.165, 1.54) is 13.3 Å². The van der Waals surface area contributed by atoms with Crippen LogP contribution in [-0.2, 0) is 12.1 Å². The highest BCUT2D eigenvalue weighted by molar-refractivity contribution is 5.36. The molecule has 2 aromatic carbocycles. The number of nitrogens with zero attached hydrogens (tertiary/aromatic N) is 7. The van der Waals surface area contributed by atoms with Gasteiger partial charge in [-0.1, -0.05) is 6.07 Å². The first-order chi connectivity index (χ1) is 20.4. The van der Waals surface area contributed by atoms with Crippen molar-refractivity contribution >= 4 is 0 Å². The fourth-order valence-electron chi connectivity index (χ4n) is 4.04. The summed E-state index contributed by atoms with van der Waals surface area (Å²) in [6.45, 7) is -1.63. The van der Waals surface area contributed by atoms with Crippen LogP contribution in [0.5, 0.6) is 5.75 Å². The largest absolute Gasteiger partial charge is 0.487 e. The first-order valence-electron chi connectivity index (χ1n) is 12.1. The molecular weight excluding hydrogens is 624 g/mol. The van der Waals surface area contributed by atoms with Gasteiger partial charge in [-0.25, -0.2) is 32.0 Å². The molecule has 4 aromatic rings. The van der Waals surface area contributed by atoms with E-state index in [2.05, 4.69) is 25.2 Å². The van der Waals surface area contributed by atoms with Gasteiger partial charge in [-0.05, 0) is 47.7 Å². The molecule has 4 rings (SSSR count). The summed E-state index contributed by atoms with van der Waals surface area (Å²) in [6, 6.07) is 4.61. The molecule has 2 aromatic heterocycles. The molecule has 1 N–H and O–H groups in total. The Labute approximate surface area is 239 Å². The monoisotopic (exact) mass is 643 g/mol. The van der Waals surface area contributed by atoms with Gasteiger partial charge in [-0.3, -0.25) is 0 Å². The summed E-state index contributed by atoms with van der Waals surface area (Å²) in [6.07, 6.45) is -2.78. The Kier molecular flexibility index (Phi) is 8.51. The lowest BCUT2D eigenvalue weighted by molar-refractivity contribution is -0.342. The topological polar surface area (TPSA) is 113 Å². The van der Waals surface area contributed by atoms with Crippen molar-refractivity contribution in [3.05, 3.63) is 82.8 Å². The first kappa shape index (κ1) is 32.4. The number of aromatic nitrogens is 7. The van der Waals surface area contributed by atoms with Gasteiger partial charge in [-0.15, -0.1) is 0 Å². The van der Waals surface area contributed by atoms with Gasteiger partial charge in [0.05, 0.1) is 18.3 Å². The summed E-state index contributed by atoms with van der Waals surface area (Å²) in [5.41, 5.74) is -3.90. The third-order valence-electron chi connectivity index (χ3n) is 6.58. The zero-order valence-electron chi connectivity index (χ0n) is 21.9. The quantitative estimate of drug-likeness (QED) is 0.233. The van der Waals surface area contributed by atoms with Crippen LogP contribution < -0.4 is 10.4 Å². The molecule has 44 heavy (non-hydrogen) atoms. The Morgan fingerprint density at radius 2 is 1.64 bits per heavy atom. The van der Waals surface area contributed by atoms with Gasteiger partial charge in [0.1, 0.15) is 35.6 Å². The van der Waals surface area contributed by atoms with Crippen molar-refractivity contribution in [3.63, 3.8) is 0 Å². The first-order valence-corrected chi connectivity index (χ1v) is 12.1. The minimum absolute atomic E-state index is 0.130. The standard InChI is InChI=1S/C24H19F10N7O3/c1-13(21(43,9-39-12-35-11-36-39)17-7-2-14(25)8-18(17)26)40-20(42)41(38-37-40)15-3-5-16(6-4-15)44-10-22(29,30)24(33,34)23(31,32)19(27)28/h2-8,11-13,19,43H,9-10H2,1H3/t13-,21-/m1/s1. The minimum atomic E-state index is -6.46. The molecule has 0 saturated carbocycles. The van der Waals surface area contributed by atoms with Crippen LogP contribution in [0.25, 0.3) is 5.69 Å². The van der Waals surface area contributed by atoms with Crippen LogP contribution in [0.4, 0.5) is 43.9 Å². The Morgan fingerprint density at radius 1 is 0.977 bits per heavy atom. The van der Waals surface area contributed by atoms with Gasteiger partial charge in [0.2, 0.25) is 0 Å². The molecule has 0 unspecified atom stereocenters. The van der Waals surface area contributed by atoms with Crippen molar-refractivity contribution in [2.24, 2.45) is 0 Å². The van der Waals surface area contributed by atoms with Crippen LogP contribution in [0.2, 0.25) is 0 Å². The van der Waals surface area contributed by atoms with Crippen LogP contribution in [0.3, 0.4) is 0 Å². The molecular formula is C24H19F10N7O3. The minimum Gasteiger partial charge on any atom is -0.487 e. The Bertz CT molecular complexity index is 1640. The number of hydrogen-bond donors (Lipinski definition) is 1. The zero-order valence-corrected chi connectivity index (χ0v) is 21.9. The molecule has 0 aliphatic rings. The van der Waals surface area contributed by atoms with Gasteiger partial charge in [0.25, 0.3) is 0 Å². The third kappa shape index (κ3) is 5.72. The molecule has 10 nitrogen and oxygen atoms in total. The number of aliphatic hydroxyl groups is 1. The van der Waals surface area contributed by atoms with Gasteiger partial charge < -0.3 is 9.84 Å². The van der Waals surface area contributed by atoms with Crippen molar-refractivity contribution in [2.75, 3.05) is 6.61 Å². The number of hydrogen-bond acceptors (Lipinski definition) is 7. The van der Waals surface area contributed by atoms with Crippen LogP contribution >= 0.6 is 0 Å². The van der Waals surface area contributed by atoms with Crippen LogP contribution in [-0.4, -0.2) is 70.5 Å². The maximum Gasteiger partial charge on any atom is 0.381 e. The maximum atomic E-state index is 14.8. The van der Waals surface area contributed by atoms with Gasteiger partial charge >= 0.3 is 29.9 Å². The van der Waals surface area contributed by atoms with E-state index in [-0.39, 0.29) is 5.69 Å². The molecule has 20 heteroatoms. The Morgan fingerprint density at radius 3 is 2.20 bits per heavy atom. The van der Waals surface area contributed by atoms with Crippen molar-refractivity contribution in [2.45, 2.75) is 49.3 Å². The number of benzene rings is 2. The molecule has 0 saturated heterocycles. The summed E-state index contributed by atoms with van der Waals surface area (Å²) >= 11 is 0. The van der Waals surface area contributed by atoms with Crippen molar-refractivity contribution < 1.29 is 53.7 Å². The summed E-state index contributed by atoms with van der Waals surface area (Å²) < 4.78 is 140. The van der Waals surface area contributed by atoms with Crippen LogP contribution in [0.1, 0.15) is 18.5 Å². The molecule has 238 valence electrons. The second-order valence-corrected chi connectivity index (χ2v) is 9.42. The zero-order chi connectivity index (χ0) is 32.7. The number of ether oxygens (including phenoxy) is 1. The van der Waals surface area contributed by atoms with Crippen molar-refractivity contribution in [3.8, 4) is 11.4 Å². The lowest BCUT2D eigenvalue weighted by Crippen LogP contribution is -2.59. The molecule has 0 radical (unpaired) electrons. The summed E-state index contributed by atoms with van der Waals surface area (Å²) in [5.74, 6) is -21.2. The number of halogens is 10. The Balaban J connectivity index is 1.58. The normalized spacial score (nSPS) is 14.9. The Hall–Kier alpha value is -4.49. The van der Waals surface area contributed by atoms with E-state index in [1.54, 1.807) is 0 Å². The molecule has 2 atom stereocenters. The van der Waals surface area contributed by atoms with Crippen molar-refractivity contribution in [1.82, 2.24) is 34.6 Å². The highest BCUT2D eigenvalue weighted by Gasteiger charge is 2.75. The maximum absolute atomic E-state index is 14.8. The van der Waals surface area contributed by atoms with E-state index in [0.717, 1.165) is 47.4 Å². The van der Waals surface area contributed by atoms with Gasteiger partial charge in [0.15, 0.2) is 6.61 Å². The third-order valence-corrected chi connectivity index (χ3v) is 6.58. The molecule has 0 amide bonds. The smallest absolute Gasteiger partial charge is 0.381 e. The molecule has 0 aliphatic heterocycles. The van der Waals surface area contributed by atoms with E-state index in [1.807, 2.05) is 0 Å². The van der Waals surface area contributed by atoms with E-state index in [0.29, 0.717) is 15.4 Å². The van der Waals surface area contributed by atoms with E-state index in [4.69, 9.17) is 0 Å². The lowest BCUT2D eigenvalue weighted by atomic mass is 9.86. The number of rotatable bonds is 12. The highest BCUT2D eigenvalue weighted by atomic mass is 19.4. The summed E-state index contributed by atoms with van der Waals surface area (Å²) in [4.78, 5) is 16.9. The molecule has 0 spiro atoms.